The Kier molecular flexibility index (Phi) is 5.25. The third kappa shape index (κ3) is 5.26. The van der Waals surface area contributed by atoms with Crippen molar-refractivity contribution in [2.75, 3.05) is 6.54 Å². The lowest BCUT2D eigenvalue weighted by Gasteiger charge is -2.28. The Hall–Kier alpha value is -1.51. The monoisotopic (exact) mass is 319 g/mol. The fraction of sp³-hybridized carbons (Fsp3) is 0.650. The van der Waals surface area contributed by atoms with Gasteiger partial charge in [0.15, 0.2) is 0 Å². The number of hydrogen-bond acceptors (Lipinski definition) is 2. The number of phenols is 1. The molecule has 0 aliphatic heterocycles. The molecule has 3 nitrogen and oxygen atoms in total. The predicted octanol–water partition coefficient (Wildman–Crippen LogP) is 4.76. The van der Waals surface area contributed by atoms with E-state index in [1.54, 1.807) is 0 Å². The van der Waals surface area contributed by atoms with Crippen molar-refractivity contribution in [2.24, 2.45) is 5.41 Å². The maximum absolute atomic E-state index is 12.6. The predicted molar refractivity (Wildman–Crippen MR) is 97.3 cm³/mol. The van der Waals surface area contributed by atoms with Gasteiger partial charge in [0.05, 0.1) is 0 Å². The average molecular weight is 319 g/mol. The van der Waals surface area contributed by atoms with Gasteiger partial charge in [-0.1, -0.05) is 62.3 Å². The number of amides is 1. The second-order valence-corrected chi connectivity index (χ2v) is 9.66. The molecule has 0 fully saturated rings. The van der Waals surface area contributed by atoms with Crippen LogP contribution in [0.15, 0.2) is 12.1 Å². The zero-order chi connectivity index (χ0) is 18.2. The van der Waals surface area contributed by atoms with E-state index in [-0.39, 0.29) is 22.2 Å². The molecule has 0 atom stereocenters. The van der Waals surface area contributed by atoms with Gasteiger partial charge in [0, 0.05) is 23.2 Å². The number of benzene rings is 1. The smallest absolute Gasteiger partial charge is 0.251 e. The number of hydrogen-bond donors (Lipinski definition) is 2. The van der Waals surface area contributed by atoms with Crippen molar-refractivity contribution >= 4 is 5.91 Å². The quantitative estimate of drug-likeness (QED) is 0.825. The molecule has 2 N–H and O–H groups in total. The van der Waals surface area contributed by atoms with Crippen molar-refractivity contribution in [2.45, 2.75) is 73.1 Å². The lowest BCUT2D eigenvalue weighted by molar-refractivity contribution is 0.0939. The molecule has 0 bridgehead atoms. The summed E-state index contributed by atoms with van der Waals surface area (Å²) in [5, 5.41) is 13.7. The molecule has 0 radical (unpaired) electrons. The van der Waals surface area contributed by atoms with Crippen LogP contribution in [0.5, 0.6) is 5.75 Å². The van der Waals surface area contributed by atoms with Crippen molar-refractivity contribution in [1.82, 2.24) is 5.32 Å². The van der Waals surface area contributed by atoms with Gasteiger partial charge in [0.25, 0.3) is 5.91 Å². The minimum Gasteiger partial charge on any atom is -0.507 e. The number of phenolic OH excluding ortho intramolecular Hbond substituents is 1. The first kappa shape index (κ1) is 19.5. The highest BCUT2D eigenvalue weighted by Gasteiger charge is 2.28. The van der Waals surface area contributed by atoms with Crippen molar-refractivity contribution < 1.29 is 9.90 Å². The van der Waals surface area contributed by atoms with Gasteiger partial charge >= 0.3 is 0 Å². The molecule has 0 heterocycles. The molecule has 0 aromatic heterocycles. The van der Waals surface area contributed by atoms with E-state index in [2.05, 4.69) is 26.1 Å². The Morgan fingerprint density at radius 2 is 1.30 bits per heavy atom. The van der Waals surface area contributed by atoms with Gasteiger partial charge in [-0.05, 0) is 28.4 Å². The highest BCUT2D eigenvalue weighted by atomic mass is 16.3. The molecule has 1 rings (SSSR count). The molecule has 0 saturated heterocycles. The Bertz CT molecular complexity index is 546. The number of rotatable bonds is 2. The first-order valence-corrected chi connectivity index (χ1v) is 8.29. The number of nitrogens with one attached hydrogen (secondary N) is 1. The van der Waals surface area contributed by atoms with Crippen LogP contribution in [0.4, 0.5) is 0 Å². The van der Waals surface area contributed by atoms with E-state index in [0.717, 1.165) is 11.1 Å². The summed E-state index contributed by atoms with van der Waals surface area (Å²) in [4.78, 5) is 12.6. The zero-order valence-electron chi connectivity index (χ0n) is 16.2. The van der Waals surface area contributed by atoms with Gasteiger partial charge < -0.3 is 10.4 Å². The van der Waals surface area contributed by atoms with Gasteiger partial charge in [-0.25, -0.2) is 0 Å². The van der Waals surface area contributed by atoms with E-state index >= 15 is 0 Å². The van der Waals surface area contributed by atoms with Crippen LogP contribution < -0.4 is 5.32 Å². The molecule has 1 aromatic rings. The fourth-order valence-electron chi connectivity index (χ4n) is 2.36. The van der Waals surface area contributed by atoms with Crippen molar-refractivity contribution in [1.29, 1.82) is 0 Å². The van der Waals surface area contributed by atoms with Crippen molar-refractivity contribution in [3.05, 3.63) is 28.8 Å². The van der Waals surface area contributed by atoms with Crippen LogP contribution >= 0.6 is 0 Å². The van der Waals surface area contributed by atoms with Crippen LogP contribution in [0.25, 0.3) is 0 Å². The lowest BCUT2D eigenvalue weighted by atomic mass is 9.78. The van der Waals surface area contributed by atoms with Gasteiger partial charge in [0.1, 0.15) is 5.75 Å². The van der Waals surface area contributed by atoms with Crippen LogP contribution in [0.1, 0.15) is 83.8 Å². The minimum atomic E-state index is -0.232. The molecule has 0 aliphatic carbocycles. The molecule has 1 amide bonds. The Morgan fingerprint density at radius 3 is 1.61 bits per heavy atom. The van der Waals surface area contributed by atoms with E-state index in [9.17, 15) is 9.90 Å². The molecule has 23 heavy (non-hydrogen) atoms. The third-order valence-corrected chi connectivity index (χ3v) is 3.77. The van der Waals surface area contributed by atoms with Crippen LogP contribution in [0.3, 0.4) is 0 Å². The van der Waals surface area contributed by atoms with Gasteiger partial charge in [-0.2, -0.15) is 0 Å². The van der Waals surface area contributed by atoms with Gasteiger partial charge in [-0.15, -0.1) is 0 Å². The van der Waals surface area contributed by atoms with Crippen LogP contribution in [0.2, 0.25) is 0 Å². The molecule has 0 saturated carbocycles. The fourth-order valence-corrected chi connectivity index (χ4v) is 2.36. The molecule has 0 unspecified atom stereocenters. The SMILES string of the molecule is CC(C)(C)CNC(=O)c1cc(C(C)(C)C)c(O)c(C(C)(C)C)c1. The Balaban J connectivity index is 3.36. The third-order valence-electron chi connectivity index (χ3n) is 3.77. The normalized spacial score (nSPS) is 13.1. The van der Waals surface area contributed by atoms with Crippen molar-refractivity contribution in [3.8, 4) is 5.75 Å². The second-order valence-electron chi connectivity index (χ2n) is 9.66. The average Bonchev–Trinajstić information content (AvgIpc) is 2.32. The largest absolute Gasteiger partial charge is 0.507 e. The molecule has 1 aromatic carbocycles. The number of aromatic hydroxyl groups is 1. The van der Waals surface area contributed by atoms with Gasteiger partial charge in [0.2, 0.25) is 0 Å². The molecule has 130 valence electrons. The highest BCUT2D eigenvalue weighted by molar-refractivity contribution is 5.95. The Labute approximate surface area is 141 Å². The van der Waals surface area contributed by atoms with Crippen LogP contribution in [0, 0.1) is 5.41 Å². The summed E-state index contributed by atoms with van der Waals surface area (Å²) in [7, 11) is 0. The van der Waals surface area contributed by atoms with E-state index in [0.29, 0.717) is 17.9 Å². The summed E-state index contributed by atoms with van der Waals surface area (Å²) in [5.74, 6) is 0.216. The topological polar surface area (TPSA) is 49.3 Å². The Morgan fingerprint density at radius 1 is 0.913 bits per heavy atom. The summed E-state index contributed by atoms with van der Waals surface area (Å²) in [5.41, 5.74) is 1.81. The standard InChI is InChI=1S/C20H33NO2/c1-18(2,3)12-21-17(23)13-10-14(19(4,5)6)16(22)15(11-13)20(7,8)9/h10-11,22H,12H2,1-9H3,(H,21,23). The summed E-state index contributed by atoms with van der Waals surface area (Å²) in [6, 6.07) is 3.64. The minimum absolute atomic E-state index is 0.0340. The highest BCUT2D eigenvalue weighted by Crippen LogP contribution is 2.39. The first-order valence-electron chi connectivity index (χ1n) is 8.29. The number of carbonyl (C=O) groups is 1. The number of carbonyl (C=O) groups excluding carboxylic acids is 1. The molecule has 0 aliphatic rings. The van der Waals surface area contributed by atoms with E-state index in [4.69, 9.17) is 0 Å². The summed E-state index contributed by atoms with van der Waals surface area (Å²) < 4.78 is 0. The molecular weight excluding hydrogens is 286 g/mol. The second kappa shape index (κ2) is 6.18. The molecule has 3 heteroatoms. The zero-order valence-corrected chi connectivity index (χ0v) is 16.2. The maximum atomic E-state index is 12.6. The maximum Gasteiger partial charge on any atom is 0.251 e. The van der Waals surface area contributed by atoms with Crippen LogP contribution in [-0.4, -0.2) is 17.6 Å². The van der Waals surface area contributed by atoms with Gasteiger partial charge in [-0.3, -0.25) is 4.79 Å². The van der Waals surface area contributed by atoms with Crippen LogP contribution in [-0.2, 0) is 10.8 Å². The van der Waals surface area contributed by atoms with E-state index < -0.39 is 0 Å². The summed E-state index contributed by atoms with van der Waals surface area (Å²) in [6.45, 7) is 19.2. The lowest BCUT2D eigenvalue weighted by Crippen LogP contribution is -2.32. The summed E-state index contributed by atoms with van der Waals surface area (Å²) >= 11 is 0. The summed E-state index contributed by atoms with van der Waals surface area (Å²) in [6.07, 6.45) is 0. The molecular formula is C20H33NO2. The van der Waals surface area contributed by atoms with E-state index in [1.807, 2.05) is 53.7 Å². The first-order chi connectivity index (χ1) is 10.1. The van der Waals surface area contributed by atoms with Crippen molar-refractivity contribution in [3.63, 3.8) is 0 Å². The van der Waals surface area contributed by atoms with E-state index in [1.165, 1.54) is 0 Å². The molecule has 0 spiro atoms.